The molecule has 0 aliphatic rings. The predicted molar refractivity (Wildman–Crippen MR) is 66.5 cm³/mol. The molecule has 86 valence electrons. The number of halogens is 1. The quantitative estimate of drug-likeness (QED) is 0.805. The van der Waals surface area contributed by atoms with Crippen molar-refractivity contribution in [2.75, 3.05) is 0 Å². The zero-order valence-electron chi connectivity index (χ0n) is 9.46. The maximum Gasteiger partial charge on any atom is 0.178 e. The van der Waals surface area contributed by atoms with Crippen LogP contribution < -0.4 is 0 Å². The van der Waals surface area contributed by atoms with Gasteiger partial charge in [0.05, 0.1) is 11.0 Å². The van der Waals surface area contributed by atoms with E-state index in [2.05, 4.69) is 18.8 Å². The van der Waals surface area contributed by atoms with Crippen LogP contribution in [0, 0.1) is 16.5 Å². The number of nitrogens with zero attached hydrogens (tertiary/aromatic N) is 1. The van der Waals surface area contributed by atoms with E-state index in [1.165, 1.54) is 12.1 Å². The van der Waals surface area contributed by atoms with Crippen LogP contribution in [0.5, 0.6) is 0 Å². The number of aromatic nitrogens is 2. The lowest BCUT2D eigenvalue weighted by molar-refractivity contribution is 0.472. The molecule has 0 spiro atoms. The minimum atomic E-state index is -0.223. The van der Waals surface area contributed by atoms with Crippen LogP contribution in [0.1, 0.15) is 20.3 Å². The Morgan fingerprint density at radius 3 is 2.94 bits per heavy atom. The first-order valence-electron chi connectivity index (χ1n) is 5.50. The smallest absolute Gasteiger partial charge is 0.178 e. The maximum absolute atomic E-state index is 13.2. The Hall–Kier alpha value is -1.16. The molecular weight excluding hydrogens is 223 g/mol. The van der Waals surface area contributed by atoms with E-state index in [0.29, 0.717) is 10.7 Å². The molecule has 1 heterocycles. The molecule has 0 saturated heterocycles. The van der Waals surface area contributed by atoms with Crippen LogP contribution in [0.4, 0.5) is 4.39 Å². The van der Waals surface area contributed by atoms with Crippen molar-refractivity contribution < 1.29 is 4.39 Å². The van der Waals surface area contributed by atoms with Crippen molar-refractivity contribution in [2.24, 2.45) is 5.92 Å². The average molecular weight is 238 g/mol. The zero-order valence-corrected chi connectivity index (χ0v) is 10.3. The fraction of sp³-hybridized carbons (Fsp3) is 0.417. The van der Waals surface area contributed by atoms with Crippen molar-refractivity contribution in [3.8, 4) is 0 Å². The van der Waals surface area contributed by atoms with Gasteiger partial charge in [-0.1, -0.05) is 20.3 Å². The molecule has 16 heavy (non-hydrogen) atoms. The second kappa shape index (κ2) is 4.37. The molecule has 4 heteroatoms. The highest BCUT2D eigenvalue weighted by atomic mass is 32.1. The minimum Gasteiger partial charge on any atom is -0.331 e. The summed E-state index contributed by atoms with van der Waals surface area (Å²) in [6.07, 6.45) is 1.09. The summed E-state index contributed by atoms with van der Waals surface area (Å²) in [5.41, 5.74) is 1.75. The van der Waals surface area contributed by atoms with Crippen molar-refractivity contribution in [1.82, 2.24) is 9.55 Å². The Balaban J connectivity index is 2.54. The van der Waals surface area contributed by atoms with Crippen LogP contribution >= 0.6 is 12.2 Å². The number of aromatic amines is 1. The van der Waals surface area contributed by atoms with E-state index in [0.717, 1.165) is 24.0 Å². The molecule has 1 aromatic heterocycles. The number of benzene rings is 1. The molecule has 2 rings (SSSR count). The Bertz CT molecular complexity index is 556. The first kappa shape index (κ1) is 11.3. The van der Waals surface area contributed by atoms with Gasteiger partial charge in [-0.25, -0.2) is 4.39 Å². The SMILES string of the molecule is CCC(C)Cn1c(=S)[nH]c2ccc(F)cc21. The number of imidazole rings is 1. The van der Waals surface area contributed by atoms with Crippen molar-refractivity contribution in [3.05, 3.63) is 28.8 Å². The highest BCUT2D eigenvalue weighted by molar-refractivity contribution is 7.71. The van der Waals surface area contributed by atoms with Crippen LogP contribution in [-0.4, -0.2) is 9.55 Å². The van der Waals surface area contributed by atoms with Gasteiger partial charge in [-0.2, -0.15) is 0 Å². The monoisotopic (exact) mass is 238 g/mol. The van der Waals surface area contributed by atoms with Gasteiger partial charge in [-0.05, 0) is 36.3 Å². The van der Waals surface area contributed by atoms with Crippen molar-refractivity contribution >= 4 is 23.3 Å². The normalized spacial score (nSPS) is 13.2. The molecule has 0 radical (unpaired) electrons. The second-order valence-electron chi connectivity index (χ2n) is 4.22. The summed E-state index contributed by atoms with van der Waals surface area (Å²) >= 11 is 5.25. The molecule has 0 bridgehead atoms. The first-order valence-corrected chi connectivity index (χ1v) is 5.90. The lowest BCUT2D eigenvalue weighted by atomic mass is 10.1. The van der Waals surface area contributed by atoms with E-state index in [4.69, 9.17) is 12.2 Å². The van der Waals surface area contributed by atoms with Crippen molar-refractivity contribution in [2.45, 2.75) is 26.8 Å². The van der Waals surface area contributed by atoms with Crippen LogP contribution in [0.25, 0.3) is 11.0 Å². The summed E-state index contributed by atoms with van der Waals surface area (Å²) in [7, 11) is 0. The standard InChI is InChI=1S/C12H15FN2S/c1-3-8(2)7-15-11-6-9(13)4-5-10(11)14-12(15)16/h4-6,8H,3,7H2,1-2H3,(H,14,16). The molecule has 2 nitrogen and oxygen atoms in total. The van der Waals surface area contributed by atoms with Gasteiger partial charge < -0.3 is 9.55 Å². The first-order chi connectivity index (χ1) is 7.61. The largest absolute Gasteiger partial charge is 0.331 e. The third kappa shape index (κ3) is 2.02. The summed E-state index contributed by atoms with van der Waals surface area (Å²) in [6.45, 7) is 5.14. The predicted octanol–water partition coefficient (Wildman–Crippen LogP) is 3.88. The Kier molecular flexibility index (Phi) is 3.10. The molecule has 0 aliphatic heterocycles. The van der Waals surface area contributed by atoms with Crippen molar-refractivity contribution in [3.63, 3.8) is 0 Å². The molecule has 1 unspecified atom stereocenters. The highest BCUT2D eigenvalue weighted by Gasteiger charge is 2.08. The molecular formula is C12H15FN2S. The molecule has 1 N–H and O–H groups in total. The summed E-state index contributed by atoms with van der Waals surface area (Å²) < 4.78 is 15.8. The van der Waals surface area contributed by atoms with Crippen LogP contribution in [0.2, 0.25) is 0 Å². The van der Waals surface area contributed by atoms with E-state index in [-0.39, 0.29) is 5.82 Å². The lowest BCUT2D eigenvalue weighted by Gasteiger charge is -2.10. The number of nitrogens with one attached hydrogen (secondary N) is 1. The van der Waals surface area contributed by atoms with Crippen LogP contribution in [-0.2, 0) is 6.54 Å². The maximum atomic E-state index is 13.2. The number of H-pyrrole nitrogens is 1. The van der Waals surface area contributed by atoms with Crippen LogP contribution in [0.15, 0.2) is 18.2 Å². The lowest BCUT2D eigenvalue weighted by Crippen LogP contribution is -2.06. The summed E-state index contributed by atoms with van der Waals surface area (Å²) in [5, 5.41) is 0. The number of rotatable bonds is 3. The summed E-state index contributed by atoms with van der Waals surface area (Å²) in [4.78, 5) is 3.09. The third-order valence-corrected chi connectivity index (χ3v) is 3.25. The van der Waals surface area contributed by atoms with Gasteiger partial charge in [0.1, 0.15) is 5.82 Å². The zero-order chi connectivity index (χ0) is 11.7. The Labute approximate surface area is 99.1 Å². The van der Waals surface area contributed by atoms with Gasteiger partial charge in [0.2, 0.25) is 0 Å². The van der Waals surface area contributed by atoms with Gasteiger partial charge in [0.25, 0.3) is 0 Å². The molecule has 0 saturated carbocycles. The average Bonchev–Trinajstić information content (AvgIpc) is 2.55. The van der Waals surface area contributed by atoms with E-state index in [9.17, 15) is 4.39 Å². The number of fused-ring (bicyclic) bond motifs is 1. The molecule has 0 aliphatic carbocycles. The van der Waals surface area contributed by atoms with E-state index >= 15 is 0 Å². The molecule has 0 fully saturated rings. The Morgan fingerprint density at radius 2 is 2.25 bits per heavy atom. The molecule has 1 aromatic carbocycles. The number of hydrogen-bond acceptors (Lipinski definition) is 1. The van der Waals surface area contributed by atoms with Crippen molar-refractivity contribution in [1.29, 1.82) is 0 Å². The Morgan fingerprint density at radius 1 is 1.50 bits per heavy atom. The van der Waals surface area contributed by atoms with E-state index < -0.39 is 0 Å². The summed E-state index contributed by atoms with van der Waals surface area (Å²) in [5.74, 6) is 0.313. The van der Waals surface area contributed by atoms with Gasteiger partial charge in [-0.15, -0.1) is 0 Å². The topological polar surface area (TPSA) is 20.7 Å². The molecule has 1 atom stereocenters. The highest BCUT2D eigenvalue weighted by Crippen LogP contribution is 2.17. The summed E-state index contributed by atoms with van der Waals surface area (Å²) in [6, 6.07) is 4.71. The van der Waals surface area contributed by atoms with E-state index in [1.54, 1.807) is 6.07 Å². The van der Waals surface area contributed by atoms with Crippen LogP contribution in [0.3, 0.4) is 0 Å². The van der Waals surface area contributed by atoms with Gasteiger partial charge in [0.15, 0.2) is 4.77 Å². The van der Waals surface area contributed by atoms with Gasteiger partial charge >= 0.3 is 0 Å². The number of hydrogen-bond donors (Lipinski definition) is 1. The molecule has 0 amide bonds. The van der Waals surface area contributed by atoms with Gasteiger partial charge in [0, 0.05) is 6.54 Å². The third-order valence-electron chi connectivity index (χ3n) is 2.93. The second-order valence-corrected chi connectivity index (χ2v) is 4.60. The van der Waals surface area contributed by atoms with Gasteiger partial charge in [-0.3, -0.25) is 0 Å². The van der Waals surface area contributed by atoms with E-state index in [1.807, 2.05) is 4.57 Å². The fourth-order valence-corrected chi connectivity index (χ4v) is 2.03. The fourth-order valence-electron chi connectivity index (χ4n) is 1.75. The minimum absolute atomic E-state index is 0.223. The molecule has 2 aromatic rings.